The van der Waals surface area contributed by atoms with E-state index in [-0.39, 0.29) is 6.54 Å². The van der Waals surface area contributed by atoms with Crippen molar-refractivity contribution in [3.8, 4) is 0 Å². The monoisotopic (exact) mass is 458 g/mol. The van der Waals surface area contributed by atoms with Crippen molar-refractivity contribution in [3.05, 3.63) is 87.8 Å². The van der Waals surface area contributed by atoms with Gasteiger partial charge < -0.3 is 15.1 Å². The van der Waals surface area contributed by atoms with Crippen molar-refractivity contribution in [1.29, 1.82) is 0 Å². The minimum atomic E-state index is -0.833. The maximum absolute atomic E-state index is 12.0. The van der Waals surface area contributed by atoms with Gasteiger partial charge in [0.1, 0.15) is 11.5 Å². The van der Waals surface area contributed by atoms with Crippen molar-refractivity contribution in [2.45, 2.75) is 6.54 Å². The van der Waals surface area contributed by atoms with Crippen LogP contribution in [0.25, 0.3) is 0 Å². The van der Waals surface area contributed by atoms with E-state index >= 15 is 0 Å². The van der Waals surface area contributed by atoms with Crippen molar-refractivity contribution in [2.75, 3.05) is 5.32 Å². The molecule has 0 aliphatic heterocycles. The van der Waals surface area contributed by atoms with Crippen molar-refractivity contribution in [3.63, 3.8) is 0 Å². The zero-order valence-electron chi connectivity index (χ0n) is 15.9. The number of benzene rings is 2. The van der Waals surface area contributed by atoms with Crippen LogP contribution in [0.4, 0.5) is 5.69 Å². The van der Waals surface area contributed by atoms with E-state index in [1.165, 1.54) is 12.3 Å². The maximum Gasteiger partial charge on any atom is 0.313 e. The Morgan fingerprint density at radius 1 is 0.935 bits per heavy atom. The van der Waals surface area contributed by atoms with E-state index < -0.39 is 17.7 Å². The first-order chi connectivity index (χ1) is 14.9. The zero-order valence-corrected chi connectivity index (χ0v) is 17.4. The summed E-state index contributed by atoms with van der Waals surface area (Å²) in [5, 5.41) is 9.67. The largest absolute Gasteiger partial charge is 0.458 e. The number of nitrogens with one attached hydrogen (secondary N) is 3. The first-order valence-corrected chi connectivity index (χ1v) is 9.69. The average Bonchev–Trinajstić information content (AvgIpc) is 3.20. The summed E-state index contributed by atoms with van der Waals surface area (Å²) in [5.41, 5.74) is 3.17. The standard InChI is InChI=1S/C21H16Cl2N4O4/c22-14-6-4-13(5-7-14)19(28)27-25-12-18-9-8-17(31-18)11-24-20(29)21(30)26-16-3-1-2-15(23)10-16/h1-10,12H,11H2,(H,24,29)(H,26,30)(H,27,28)/b25-12-. The van der Waals surface area contributed by atoms with Crippen LogP contribution in [-0.2, 0) is 16.1 Å². The molecular weight excluding hydrogens is 443 g/mol. The molecule has 3 rings (SSSR count). The number of amides is 3. The Balaban J connectivity index is 1.46. The van der Waals surface area contributed by atoms with Crippen LogP contribution in [0.5, 0.6) is 0 Å². The van der Waals surface area contributed by atoms with Gasteiger partial charge in [0.15, 0.2) is 0 Å². The van der Waals surface area contributed by atoms with Crippen LogP contribution in [0.1, 0.15) is 21.9 Å². The molecule has 0 saturated heterocycles. The minimum Gasteiger partial charge on any atom is -0.458 e. The molecule has 0 aliphatic carbocycles. The van der Waals surface area contributed by atoms with Gasteiger partial charge in [-0.15, -0.1) is 0 Å². The van der Waals surface area contributed by atoms with Crippen molar-refractivity contribution >= 4 is 52.8 Å². The molecule has 0 saturated carbocycles. The molecule has 1 heterocycles. The smallest absolute Gasteiger partial charge is 0.313 e. The Morgan fingerprint density at radius 3 is 2.45 bits per heavy atom. The third-order valence-corrected chi connectivity index (χ3v) is 4.35. The molecule has 2 aromatic carbocycles. The fraction of sp³-hybridized carbons (Fsp3) is 0.0476. The second-order valence-corrected chi connectivity index (χ2v) is 7.03. The lowest BCUT2D eigenvalue weighted by atomic mass is 10.2. The number of hydrogen-bond donors (Lipinski definition) is 3. The minimum absolute atomic E-state index is 0.00717. The van der Waals surface area contributed by atoms with Crippen LogP contribution in [0.2, 0.25) is 10.0 Å². The molecule has 31 heavy (non-hydrogen) atoms. The molecule has 8 nitrogen and oxygen atoms in total. The highest BCUT2D eigenvalue weighted by Crippen LogP contribution is 2.14. The lowest BCUT2D eigenvalue weighted by Gasteiger charge is -2.05. The zero-order chi connectivity index (χ0) is 22.2. The number of halogens is 2. The molecule has 0 radical (unpaired) electrons. The van der Waals surface area contributed by atoms with Gasteiger partial charge in [-0.2, -0.15) is 5.10 Å². The van der Waals surface area contributed by atoms with Crippen LogP contribution in [0.15, 0.2) is 70.2 Å². The summed E-state index contributed by atoms with van der Waals surface area (Å²) in [6, 6.07) is 16.0. The van der Waals surface area contributed by atoms with Gasteiger partial charge in [0.25, 0.3) is 5.91 Å². The van der Waals surface area contributed by atoms with Crippen LogP contribution in [0, 0.1) is 0 Å². The Hall–Kier alpha value is -3.62. The summed E-state index contributed by atoms with van der Waals surface area (Å²) < 4.78 is 5.47. The Bertz CT molecular complexity index is 1130. The fourth-order valence-electron chi connectivity index (χ4n) is 2.38. The van der Waals surface area contributed by atoms with E-state index in [1.54, 1.807) is 54.6 Å². The van der Waals surface area contributed by atoms with Crippen LogP contribution >= 0.6 is 23.2 Å². The summed E-state index contributed by atoms with van der Waals surface area (Å²) in [6.45, 7) is -0.00717. The molecular formula is C21H16Cl2N4O4. The van der Waals surface area contributed by atoms with Gasteiger partial charge in [0, 0.05) is 21.3 Å². The van der Waals surface area contributed by atoms with E-state index in [0.717, 1.165) is 0 Å². The highest BCUT2D eigenvalue weighted by Gasteiger charge is 2.14. The third kappa shape index (κ3) is 6.70. The highest BCUT2D eigenvalue weighted by molar-refractivity contribution is 6.39. The number of hydrazone groups is 1. The number of carbonyl (C=O) groups excluding carboxylic acids is 3. The normalized spacial score (nSPS) is 10.6. The van der Waals surface area contributed by atoms with Crippen molar-refractivity contribution < 1.29 is 18.8 Å². The van der Waals surface area contributed by atoms with Crippen LogP contribution in [-0.4, -0.2) is 23.9 Å². The highest BCUT2D eigenvalue weighted by atomic mass is 35.5. The molecule has 0 unspecified atom stereocenters. The van der Waals surface area contributed by atoms with Gasteiger partial charge in [-0.05, 0) is 54.6 Å². The molecule has 158 valence electrons. The molecule has 0 aliphatic rings. The molecule has 0 atom stereocenters. The molecule has 0 spiro atoms. The van der Waals surface area contributed by atoms with E-state index in [1.807, 2.05) is 0 Å². The van der Waals surface area contributed by atoms with E-state index in [4.69, 9.17) is 27.6 Å². The second-order valence-electron chi connectivity index (χ2n) is 6.16. The average molecular weight is 459 g/mol. The molecule has 10 heteroatoms. The predicted octanol–water partition coefficient (Wildman–Crippen LogP) is 3.61. The number of hydrogen-bond acceptors (Lipinski definition) is 5. The quantitative estimate of drug-likeness (QED) is 0.297. The lowest BCUT2D eigenvalue weighted by Crippen LogP contribution is -2.34. The van der Waals surface area contributed by atoms with Crippen molar-refractivity contribution in [2.24, 2.45) is 5.10 Å². The maximum atomic E-state index is 12.0. The summed E-state index contributed by atoms with van der Waals surface area (Å²) in [6.07, 6.45) is 1.31. The molecule has 0 bridgehead atoms. The van der Waals surface area contributed by atoms with Crippen molar-refractivity contribution in [1.82, 2.24) is 10.7 Å². The van der Waals surface area contributed by atoms with Crippen LogP contribution < -0.4 is 16.1 Å². The molecule has 3 amide bonds. The number of nitrogens with zero attached hydrogens (tertiary/aromatic N) is 1. The van der Waals surface area contributed by atoms with Gasteiger partial charge in [0.05, 0.1) is 12.8 Å². The first kappa shape index (κ1) is 22.1. The lowest BCUT2D eigenvalue weighted by molar-refractivity contribution is -0.136. The van der Waals surface area contributed by atoms with E-state index in [0.29, 0.717) is 32.8 Å². The fourth-order valence-corrected chi connectivity index (χ4v) is 2.70. The Kier molecular flexibility index (Phi) is 7.42. The first-order valence-electron chi connectivity index (χ1n) is 8.93. The molecule has 3 aromatic rings. The van der Waals surface area contributed by atoms with E-state index in [9.17, 15) is 14.4 Å². The SMILES string of the molecule is O=C(NCc1ccc(/C=N\NC(=O)c2ccc(Cl)cc2)o1)C(=O)Nc1cccc(Cl)c1. The van der Waals surface area contributed by atoms with Gasteiger partial charge in [-0.25, -0.2) is 5.43 Å². The topological polar surface area (TPSA) is 113 Å². The van der Waals surface area contributed by atoms with Gasteiger partial charge in [0.2, 0.25) is 0 Å². The number of anilines is 1. The molecule has 1 aromatic heterocycles. The number of rotatable bonds is 6. The molecule has 3 N–H and O–H groups in total. The third-order valence-electron chi connectivity index (χ3n) is 3.86. The summed E-state index contributed by atoms with van der Waals surface area (Å²) in [7, 11) is 0. The van der Waals surface area contributed by atoms with Gasteiger partial charge in [-0.3, -0.25) is 14.4 Å². The summed E-state index contributed by atoms with van der Waals surface area (Å²) >= 11 is 11.6. The number of furan rings is 1. The number of carbonyl (C=O) groups is 3. The van der Waals surface area contributed by atoms with Gasteiger partial charge in [-0.1, -0.05) is 29.3 Å². The van der Waals surface area contributed by atoms with Crippen LogP contribution in [0.3, 0.4) is 0 Å². The Labute approximate surface area is 187 Å². The van der Waals surface area contributed by atoms with E-state index in [2.05, 4.69) is 21.2 Å². The second kappa shape index (κ2) is 10.4. The summed E-state index contributed by atoms with van der Waals surface area (Å²) in [5.74, 6) is -1.32. The van der Waals surface area contributed by atoms with Gasteiger partial charge >= 0.3 is 11.8 Å². The molecule has 0 fully saturated rings. The predicted molar refractivity (Wildman–Crippen MR) is 117 cm³/mol. The summed E-state index contributed by atoms with van der Waals surface area (Å²) in [4.78, 5) is 35.8. The Morgan fingerprint density at radius 2 is 1.71 bits per heavy atom.